The molecule has 0 unspecified atom stereocenters. The third-order valence-electron chi connectivity index (χ3n) is 6.23. The Morgan fingerprint density at radius 2 is 0.474 bits per heavy atom. The Bertz CT molecular complexity index is 1170. The van der Waals surface area contributed by atoms with Crippen LogP contribution in [-0.4, -0.2) is 0 Å². The summed E-state index contributed by atoms with van der Waals surface area (Å²) >= 11 is 0. The smallest absolute Gasteiger partial charge is 0.0622 e. The van der Waals surface area contributed by atoms with Crippen molar-refractivity contribution in [3.8, 4) is 0 Å². The Hall–Kier alpha value is -3.82. The van der Waals surface area contributed by atoms with Crippen molar-refractivity contribution < 1.29 is 0 Å². The Morgan fingerprint density at radius 1 is 0.263 bits per heavy atom. The van der Waals surface area contributed by atoms with Crippen molar-refractivity contribution in [1.82, 2.24) is 0 Å². The maximum Gasteiger partial charge on any atom is 0.102 e. The first-order valence-electron chi connectivity index (χ1n) is 12.9. The maximum absolute atomic E-state index is 2.24. The first-order valence-corrected chi connectivity index (χ1v) is 15.7. The van der Waals surface area contributed by atoms with Crippen molar-refractivity contribution in [1.29, 1.82) is 0 Å². The molecule has 0 saturated carbocycles. The van der Waals surface area contributed by atoms with Crippen LogP contribution < -0.4 is 31.8 Å². The molecule has 38 heavy (non-hydrogen) atoms. The summed E-state index contributed by atoms with van der Waals surface area (Å²) in [6.45, 7) is 0. The first kappa shape index (κ1) is 25.8. The lowest BCUT2D eigenvalue weighted by Crippen LogP contribution is -2.20. The van der Waals surface area contributed by atoms with Gasteiger partial charge >= 0.3 is 0 Å². The van der Waals surface area contributed by atoms with E-state index in [4.69, 9.17) is 0 Å². The van der Waals surface area contributed by atoms with Gasteiger partial charge in [-0.3, -0.25) is 0 Å². The standard InChI is InChI=1S/2C18H15P/c2*1-4-10-16(11-5-1)19(17-12-6-2-7-13-17)18-14-8-3-9-15-18/h2*1-15H/p+1. The van der Waals surface area contributed by atoms with Gasteiger partial charge in [0.2, 0.25) is 0 Å². The average molecular weight is 526 g/mol. The molecule has 0 aliphatic carbocycles. The van der Waals surface area contributed by atoms with E-state index in [9.17, 15) is 0 Å². The fourth-order valence-electron chi connectivity index (χ4n) is 4.49. The van der Waals surface area contributed by atoms with E-state index in [2.05, 4.69) is 182 Å². The molecular weight excluding hydrogens is 494 g/mol. The normalized spacial score (nSPS) is 10.6. The summed E-state index contributed by atoms with van der Waals surface area (Å²) in [6, 6.07) is 64.8. The topological polar surface area (TPSA) is 0 Å². The van der Waals surface area contributed by atoms with E-state index in [-0.39, 0.29) is 0 Å². The van der Waals surface area contributed by atoms with Gasteiger partial charge in [-0.2, -0.15) is 0 Å². The second-order valence-corrected chi connectivity index (χ2v) is 13.5. The molecule has 0 N–H and O–H groups in total. The van der Waals surface area contributed by atoms with Crippen LogP contribution in [0.2, 0.25) is 0 Å². The second kappa shape index (κ2) is 13.6. The molecule has 0 aliphatic heterocycles. The highest BCUT2D eigenvalue weighted by molar-refractivity contribution is 7.80. The Kier molecular flexibility index (Phi) is 9.27. The second-order valence-electron chi connectivity index (χ2n) is 8.82. The van der Waals surface area contributed by atoms with Crippen LogP contribution in [0.25, 0.3) is 0 Å². The van der Waals surface area contributed by atoms with Crippen LogP contribution in [0.3, 0.4) is 0 Å². The number of benzene rings is 6. The van der Waals surface area contributed by atoms with Crippen molar-refractivity contribution in [3.63, 3.8) is 0 Å². The minimum atomic E-state index is -0.877. The van der Waals surface area contributed by atoms with E-state index >= 15 is 0 Å². The average Bonchev–Trinajstić information content (AvgIpc) is 3.01. The van der Waals surface area contributed by atoms with E-state index in [0.29, 0.717) is 0 Å². The number of hydrogen-bond acceptors (Lipinski definition) is 0. The zero-order chi connectivity index (χ0) is 25.8. The zero-order valence-electron chi connectivity index (χ0n) is 21.3. The maximum atomic E-state index is 2.24. The molecule has 184 valence electrons. The van der Waals surface area contributed by atoms with Crippen LogP contribution in [0.4, 0.5) is 0 Å². The van der Waals surface area contributed by atoms with Crippen LogP contribution in [0.5, 0.6) is 0 Å². The third kappa shape index (κ3) is 6.73. The molecule has 6 rings (SSSR count). The number of hydrogen-bond donors (Lipinski definition) is 0. The summed E-state index contributed by atoms with van der Waals surface area (Å²) in [5.74, 6) is 0. The molecular formula is C36H31P2+. The SMILES string of the molecule is c1ccc(P(c2ccccc2)c2ccccc2)cc1.c1ccc([PH+](c2ccccc2)c2ccccc2)cc1. The van der Waals surface area contributed by atoms with Gasteiger partial charge in [-0.15, -0.1) is 0 Å². The predicted molar refractivity (Wildman–Crippen MR) is 172 cm³/mol. The van der Waals surface area contributed by atoms with Gasteiger partial charge in [-0.1, -0.05) is 146 Å². The summed E-state index contributed by atoms with van der Waals surface area (Å²) in [7, 11) is -1.32. The van der Waals surface area contributed by atoms with E-state index in [1.807, 2.05) is 0 Å². The predicted octanol–water partition coefficient (Wildman–Crippen LogP) is 6.62. The molecule has 0 atom stereocenters. The quantitative estimate of drug-likeness (QED) is 0.214. The molecule has 0 bridgehead atoms. The molecule has 2 heteroatoms. The Balaban J connectivity index is 0.000000155. The van der Waals surface area contributed by atoms with Crippen molar-refractivity contribution in [3.05, 3.63) is 182 Å². The Labute approximate surface area is 229 Å². The van der Waals surface area contributed by atoms with Crippen LogP contribution in [0.15, 0.2) is 182 Å². The van der Waals surface area contributed by atoms with E-state index in [1.54, 1.807) is 0 Å². The van der Waals surface area contributed by atoms with Crippen LogP contribution >= 0.6 is 15.8 Å². The summed E-state index contributed by atoms with van der Waals surface area (Å²) in [5, 5.41) is 8.50. The van der Waals surface area contributed by atoms with Gasteiger partial charge in [-0.05, 0) is 60.2 Å². The minimum absolute atomic E-state index is 0.446. The summed E-state index contributed by atoms with van der Waals surface area (Å²) in [5.41, 5.74) is 0. The fraction of sp³-hybridized carbons (Fsp3) is 0. The van der Waals surface area contributed by atoms with Crippen LogP contribution in [0.1, 0.15) is 0 Å². The molecule has 6 aromatic rings. The van der Waals surface area contributed by atoms with Gasteiger partial charge in [0, 0.05) is 0 Å². The van der Waals surface area contributed by atoms with Gasteiger partial charge in [0.1, 0.15) is 15.9 Å². The van der Waals surface area contributed by atoms with Gasteiger partial charge in [-0.25, -0.2) is 0 Å². The molecule has 0 heterocycles. The van der Waals surface area contributed by atoms with Gasteiger partial charge in [0.15, 0.2) is 0 Å². The number of rotatable bonds is 6. The monoisotopic (exact) mass is 525 g/mol. The van der Waals surface area contributed by atoms with E-state index in [1.165, 1.54) is 31.8 Å². The molecule has 0 saturated heterocycles. The zero-order valence-corrected chi connectivity index (χ0v) is 23.2. The summed E-state index contributed by atoms with van der Waals surface area (Å²) in [6.07, 6.45) is 0. The highest BCUT2D eigenvalue weighted by atomic mass is 31.1. The Morgan fingerprint density at radius 3 is 0.711 bits per heavy atom. The molecule has 0 radical (unpaired) electrons. The van der Waals surface area contributed by atoms with E-state index < -0.39 is 15.8 Å². The molecule has 0 aliphatic rings. The van der Waals surface area contributed by atoms with Gasteiger partial charge < -0.3 is 0 Å². The van der Waals surface area contributed by atoms with Crippen molar-refractivity contribution in [2.45, 2.75) is 0 Å². The van der Waals surface area contributed by atoms with Crippen molar-refractivity contribution >= 4 is 47.7 Å². The summed E-state index contributed by atoms with van der Waals surface area (Å²) in [4.78, 5) is 0. The molecule has 6 aromatic carbocycles. The third-order valence-corrected chi connectivity index (χ3v) is 11.4. The lowest BCUT2D eigenvalue weighted by Gasteiger charge is -2.18. The lowest BCUT2D eigenvalue weighted by molar-refractivity contribution is 1.74. The minimum Gasteiger partial charge on any atom is -0.0622 e. The first-order chi connectivity index (χ1) is 18.9. The fourth-order valence-corrected chi connectivity index (χ4v) is 9.38. The highest BCUT2D eigenvalue weighted by Gasteiger charge is 2.24. The van der Waals surface area contributed by atoms with Crippen LogP contribution in [0, 0.1) is 0 Å². The molecule has 0 nitrogen and oxygen atoms in total. The molecule has 0 aromatic heterocycles. The van der Waals surface area contributed by atoms with Crippen molar-refractivity contribution in [2.75, 3.05) is 0 Å². The van der Waals surface area contributed by atoms with Crippen molar-refractivity contribution in [2.24, 2.45) is 0 Å². The largest absolute Gasteiger partial charge is 0.102 e. The summed E-state index contributed by atoms with van der Waals surface area (Å²) < 4.78 is 0. The molecule has 0 amide bonds. The van der Waals surface area contributed by atoms with Crippen LogP contribution in [-0.2, 0) is 0 Å². The van der Waals surface area contributed by atoms with Gasteiger partial charge in [0.05, 0.1) is 7.92 Å². The molecule has 0 fully saturated rings. The van der Waals surface area contributed by atoms with Gasteiger partial charge in [0.25, 0.3) is 0 Å². The molecule has 0 spiro atoms. The van der Waals surface area contributed by atoms with E-state index in [0.717, 1.165) is 0 Å². The lowest BCUT2D eigenvalue weighted by atomic mass is 10.4. The highest BCUT2D eigenvalue weighted by Crippen LogP contribution is 2.33.